The Kier molecular flexibility index (Phi) is 5.80. The van der Waals surface area contributed by atoms with Gasteiger partial charge in [0.2, 0.25) is 11.0 Å². The SMILES string of the molecule is COc1cccc(Nc2nnc(CC(=O)NCc3ccc(C)cc3)s2)c1. The van der Waals surface area contributed by atoms with E-state index in [1.165, 1.54) is 16.9 Å². The first-order valence-electron chi connectivity index (χ1n) is 8.18. The molecule has 0 spiro atoms. The number of rotatable bonds is 7. The fraction of sp³-hybridized carbons (Fsp3) is 0.211. The fourth-order valence-corrected chi connectivity index (χ4v) is 3.06. The topological polar surface area (TPSA) is 76.1 Å². The second kappa shape index (κ2) is 8.44. The summed E-state index contributed by atoms with van der Waals surface area (Å²) < 4.78 is 5.19. The van der Waals surface area contributed by atoms with Gasteiger partial charge in [0, 0.05) is 18.3 Å². The molecule has 0 aliphatic rings. The van der Waals surface area contributed by atoms with Crippen LogP contribution in [0.2, 0.25) is 0 Å². The molecule has 134 valence electrons. The number of aromatic nitrogens is 2. The second-order valence-electron chi connectivity index (χ2n) is 5.80. The first-order valence-corrected chi connectivity index (χ1v) is 9.00. The fourth-order valence-electron chi connectivity index (χ4n) is 2.31. The smallest absolute Gasteiger partial charge is 0.227 e. The third-order valence-corrected chi connectivity index (χ3v) is 4.55. The van der Waals surface area contributed by atoms with Gasteiger partial charge in [0.25, 0.3) is 0 Å². The first-order chi connectivity index (χ1) is 12.6. The summed E-state index contributed by atoms with van der Waals surface area (Å²) in [6.07, 6.45) is 0.212. The predicted octanol–water partition coefficient (Wildman–Crippen LogP) is 3.46. The molecule has 0 saturated carbocycles. The molecule has 0 bridgehead atoms. The number of nitrogens with zero attached hydrogens (tertiary/aromatic N) is 2. The Bertz CT molecular complexity index is 877. The third kappa shape index (κ3) is 5.03. The van der Waals surface area contributed by atoms with Gasteiger partial charge in [0.1, 0.15) is 10.8 Å². The summed E-state index contributed by atoms with van der Waals surface area (Å²) in [5, 5.41) is 15.5. The van der Waals surface area contributed by atoms with Gasteiger partial charge in [-0.3, -0.25) is 4.79 Å². The van der Waals surface area contributed by atoms with E-state index in [2.05, 4.69) is 20.8 Å². The van der Waals surface area contributed by atoms with Crippen molar-refractivity contribution in [1.29, 1.82) is 0 Å². The molecule has 1 amide bonds. The van der Waals surface area contributed by atoms with Crippen molar-refractivity contribution in [2.45, 2.75) is 19.9 Å². The second-order valence-corrected chi connectivity index (χ2v) is 6.86. The molecule has 0 atom stereocenters. The van der Waals surface area contributed by atoms with E-state index in [0.29, 0.717) is 16.7 Å². The number of aryl methyl sites for hydroxylation is 1. The molecule has 2 aromatic carbocycles. The van der Waals surface area contributed by atoms with Crippen molar-refractivity contribution in [2.24, 2.45) is 0 Å². The van der Waals surface area contributed by atoms with Crippen molar-refractivity contribution >= 4 is 28.1 Å². The summed E-state index contributed by atoms with van der Waals surface area (Å²) in [4.78, 5) is 12.1. The molecule has 7 heteroatoms. The summed E-state index contributed by atoms with van der Waals surface area (Å²) in [5.41, 5.74) is 3.13. The highest BCUT2D eigenvalue weighted by Crippen LogP contribution is 2.23. The van der Waals surface area contributed by atoms with E-state index in [1.54, 1.807) is 7.11 Å². The van der Waals surface area contributed by atoms with Gasteiger partial charge in [-0.15, -0.1) is 10.2 Å². The summed E-state index contributed by atoms with van der Waals surface area (Å²) in [6.45, 7) is 2.54. The molecule has 0 unspecified atom stereocenters. The molecule has 3 aromatic rings. The zero-order chi connectivity index (χ0) is 18.4. The van der Waals surface area contributed by atoms with E-state index in [9.17, 15) is 4.79 Å². The van der Waals surface area contributed by atoms with Crippen LogP contribution in [0, 0.1) is 6.92 Å². The summed E-state index contributed by atoms with van der Waals surface area (Å²) in [6, 6.07) is 15.6. The number of hydrogen-bond donors (Lipinski definition) is 2. The minimum Gasteiger partial charge on any atom is -0.497 e. The lowest BCUT2D eigenvalue weighted by Gasteiger charge is -2.04. The summed E-state index contributed by atoms with van der Waals surface area (Å²) >= 11 is 1.36. The lowest BCUT2D eigenvalue weighted by molar-refractivity contribution is -0.120. The summed E-state index contributed by atoms with van der Waals surface area (Å²) in [5.74, 6) is 0.685. The van der Waals surface area contributed by atoms with Crippen LogP contribution in [0.25, 0.3) is 0 Å². The third-order valence-electron chi connectivity index (χ3n) is 3.71. The monoisotopic (exact) mass is 368 g/mol. The Hall–Kier alpha value is -2.93. The molecule has 0 fully saturated rings. The maximum atomic E-state index is 12.1. The normalized spacial score (nSPS) is 10.4. The Morgan fingerprint density at radius 2 is 1.96 bits per heavy atom. The standard InChI is InChI=1S/C19H20N4O2S/c1-13-6-8-14(9-7-13)12-20-17(24)11-18-22-23-19(26-18)21-15-4-3-5-16(10-15)25-2/h3-10H,11-12H2,1-2H3,(H,20,24)(H,21,23). The molecule has 0 radical (unpaired) electrons. The lowest BCUT2D eigenvalue weighted by Crippen LogP contribution is -2.24. The van der Waals surface area contributed by atoms with Gasteiger partial charge in [-0.25, -0.2) is 0 Å². The molecule has 6 nitrogen and oxygen atoms in total. The van der Waals surface area contributed by atoms with E-state index in [1.807, 2.05) is 55.5 Å². The highest BCUT2D eigenvalue weighted by molar-refractivity contribution is 7.15. The number of methoxy groups -OCH3 is 1. The van der Waals surface area contributed by atoms with Crippen LogP contribution in [0.15, 0.2) is 48.5 Å². The molecule has 0 aliphatic carbocycles. The molecular weight excluding hydrogens is 348 g/mol. The number of carbonyl (C=O) groups is 1. The zero-order valence-corrected chi connectivity index (χ0v) is 15.5. The van der Waals surface area contributed by atoms with Crippen LogP contribution in [0.3, 0.4) is 0 Å². The van der Waals surface area contributed by atoms with Gasteiger partial charge < -0.3 is 15.4 Å². The van der Waals surface area contributed by atoms with Gasteiger partial charge in [-0.05, 0) is 24.6 Å². The number of hydrogen-bond acceptors (Lipinski definition) is 6. The molecule has 2 N–H and O–H groups in total. The number of amides is 1. The highest BCUT2D eigenvalue weighted by atomic mass is 32.1. The van der Waals surface area contributed by atoms with Gasteiger partial charge in [-0.2, -0.15) is 0 Å². The Balaban J connectivity index is 1.52. The van der Waals surface area contributed by atoms with E-state index >= 15 is 0 Å². The molecule has 0 aliphatic heterocycles. The van der Waals surface area contributed by atoms with E-state index in [-0.39, 0.29) is 12.3 Å². The average molecular weight is 368 g/mol. The summed E-state index contributed by atoms with van der Waals surface area (Å²) in [7, 11) is 1.62. The number of ether oxygens (including phenoxy) is 1. The highest BCUT2D eigenvalue weighted by Gasteiger charge is 2.10. The van der Waals surface area contributed by atoms with Crippen molar-refractivity contribution in [2.75, 3.05) is 12.4 Å². The van der Waals surface area contributed by atoms with Crippen LogP contribution < -0.4 is 15.4 Å². The van der Waals surface area contributed by atoms with Gasteiger partial charge in [0.05, 0.1) is 13.5 Å². The van der Waals surface area contributed by atoms with E-state index in [4.69, 9.17) is 4.74 Å². The molecule has 0 saturated heterocycles. The quantitative estimate of drug-likeness (QED) is 0.668. The number of benzene rings is 2. The molecule has 1 aromatic heterocycles. The van der Waals surface area contributed by atoms with Gasteiger partial charge >= 0.3 is 0 Å². The van der Waals surface area contributed by atoms with Gasteiger partial charge in [-0.1, -0.05) is 47.2 Å². The Morgan fingerprint density at radius 1 is 1.15 bits per heavy atom. The van der Waals surface area contributed by atoms with Crippen LogP contribution in [0.5, 0.6) is 5.75 Å². The van der Waals surface area contributed by atoms with Crippen molar-refractivity contribution < 1.29 is 9.53 Å². The Labute approximate surface area is 156 Å². The number of anilines is 2. The average Bonchev–Trinajstić information content (AvgIpc) is 3.08. The molecular formula is C19H20N4O2S. The van der Waals surface area contributed by atoms with Crippen molar-refractivity contribution in [3.63, 3.8) is 0 Å². The van der Waals surface area contributed by atoms with Crippen molar-refractivity contribution in [3.05, 3.63) is 64.7 Å². The van der Waals surface area contributed by atoms with Gasteiger partial charge in [0.15, 0.2) is 0 Å². The first kappa shape index (κ1) is 17.9. The van der Waals surface area contributed by atoms with Crippen LogP contribution in [0.1, 0.15) is 16.1 Å². The number of carbonyl (C=O) groups excluding carboxylic acids is 1. The molecule has 3 rings (SSSR count). The molecule has 26 heavy (non-hydrogen) atoms. The minimum absolute atomic E-state index is 0.0744. The molecule has 1 heterocycles. The van der Waals surface area contributed by atoms with Crippen LogP contribution in [-0.2, 0) is 17.8 Å². The van der Waals surface area contributed by atoms with Crippen molar-refractivity contribution in [3.8, 4) is 5.75 Å². The van der Waals surface area contributed by atoms with Crippen LogP contribution in [-0.4, -0.2) is 23.2 Å². The van der Waals surface area contributed by atoms with Crippen molar-refractivity contribution in [1.82, 2.24) is 15.5 Å². The maximum Gasteiger partial charge on any atom is 0.227 e. The Morgan fingerprint density at radius 3 is 2.73 bits per heavy atom. The van der Waals surface area contributed by atoms with E-state index < -0.39 is 0 Å². The van der Waals surface area contributed by atoms with Crippen LogP contribution >= 0.6 is 11.3 Å². The number of nitrogens with one attached hydrogen (secondary N) is 2. The predicted molar refractivity (Wildman–Crippen MR) is 103 cm³/mol. The largest absolute Gasteiger partial charge is 0.497 e. The van der Waals surface area contributed by atoms with E-state index in [0.717, 1.165) is 17.0 Å². The van der Waals surface area contributed by atoms with Crippen LogP contribution in [0.4, 0.5) is 10.8 Å². The maximum absolute atomic E-state index is 12.1. The minimum atomic E-state index is -0.0744. The zero-order valence-electron chi connectivity index (χ0n) is 14.7. The lowest BCUT2D eigenvalue weighted by atomic mass is 10.1.